The zero-order chi connectivity index (χ0) is 26.3. The van der Waals surface area contributed by atoms with Crippen LogP contribution in [-0.4, -0.2) is 53.7 Å². The lowest BCUT2D eigenvalue weighted by molar-refractivity contribution is -0.137. The Labute approximate surface area is 202 Å². The van der Waals surface area contributed by atoms with Crippen LogP contribution in [0, 0.1) is 0 Å². The van der Waals surface area contributed by atoms with Gasteiger partial charge in [0.2, 0.25) is 0 Å². The van der Waals surface area contributed by atoms with Crippen LogP contribution < -0.4 is 10.9 Å². The molecule has 9 nitrogen and oxygen atoms in total. The molecule has 1 saturated heterocycles. The second-order valence-electron chi connectivity index (χ2n) is 8.14. The molecule has 1 amide bonds. The summed E-state index contributed by atoms with van der Waals surface area (Å²) in [6.45, 7) is 1.42. The molecule has 0 radical (unpaired) electrons. The van der Waals surface area contributed by atoms with Gasteiger partial charge in [-0.25, -0.2) is 17.8 Å². The molecule has 3 heterocycles. The number of fused-ring (bicyclic) bond motifs is 1. The molecule has 0 saturated carbocycles. The molecule has 0 spiro atoms. The van der Waals surface area contributed by atoms with E-state index >= 15 is 0 Å². The molecule has 4 rings (SSSR count). The third-order valence-electron chi connectivity index (χ3n) is 5.81. The van der Waals surface area contributed by atoms with Gasteiger partial charge < -0.3 is 10.1 Å². The molecule has 1 N–H and O–H groups in total. The number of hydrogen-bond donors (Lipinski definition) is 1. The van der Waals surface area contributed by atoms with E-state index < -0.39 is 55.2 Å². The monoisotopic (exact) mass is 528 g/mol. The first-order chi connectivity index (χ1) is 16.9. The molecule has 36 heavy (non-hydrogen) atoms. The van der Waals surface area contributed by atoms with Crippen molar-refractivity contribution in [2.45, 2.75) is 36.5 Å². The third-order valence-corrected chi connectivity index (χ3v) is 7.55. The van der Waals surface area contributed by atoms with Gasteiger partial charge in [0, 0.05) is 18.2 Å². The first-order valence-electron chi connectivity index (χ1n) is 10.8. The standard InChI is InChI=1S/C22H20F4N4O5S/c1-2-36(33,34)17-10-15(29-20(32)21(23)5-7-35-8-6-21)12-27-18(17)30-19(31)16-9-14(22(24,25)26)4-3-13(16)11-28-30/h3-4,9-12H,2,5-8H2,1H3,(H,29,32). The van der Waals surface area contributed by atoms with Gasteiger partial charge in [-0.05, 0) is 18.2 Å². The van der Waals surface area contributed by atoms with Crippen molar-refractivity contribution in [1.82, 2.24) is 14.8 Å². The summed E-state index contributed by atoms with van der Waals surface area (Å²) in [5, 5.41) is 5.95. The quantitative estimate of drug-likeness (QED) is 0.506. The van der Waals surface area contributed by atoms with Gasteiger partial charge in [0.1, 0.15) is 4.90 Å². The number of pyridine rings is 1. The molecular formula is C22H20F4N4O5S. The lowest BCUT2D eigenvalue weighted by atomic mass is 9.95. The highest BCUT2D eigenvalue weighted by Gasteiger charge is 2.40. The number of alkyl halides is 4. The van der Waals surface area contributed by atoms with Gasteiger partial charge in [0.05, 0.1) is 48.0 Å². The van der Waals surface area contributed by atoms with Crippen LogP contribution in [0.1, 0.15) is 25.3 Å². The Morgan fingerprint density at radius 2 is 1.89 bits per heavy atom. The minimum absolute atomic E-state index is 0.0448. The molecule has 0 unspecified atom stereocenters. The van der Waals surface area contributed by atoms with Crippen molar-refractivity contribution in [1.29, 1.82) is 0 Å². The lowest BCUT2D eigenvalue weighted by Gasteiger charge is -2.28. The van der Waals surface area contributed by atoms with E-state index in [1.54, 1.807) is 0 Å². The lowest BCUT2D eigenvalue weighted by Crippen LogP contribution is -2.43. The summed E-state index contributed by atoms with van der Waals surface area (Å²) in [5.74, 6) is -1.90. The maximum absolute atomic E-state index is 14.9. The van der Waals surface area contributed by atoms with Gasteiger partial charge >= 0.3 is 6.18 Å². The Balaban J connectivity index is 1.82. The van der Waals surface area contributed by atoms with Gasteiger partial charge in [-0.3, -0.25) is 9.59 Å². The molecule has 0 atom stereocenters. The smallest absolute Gasteiger partial charge is 0.381 e. The highest BCUT2D eigenvalue weighted by Crippen LogP contribution is 2.31. The van der Waals surface area contributed by atoms with Crippen LogP contribution in [-0.2, 0) is 25.5 Å². The Hall–Kier alpha value is -3.39. The van der Waals surface area contributed by atoms with E-state index in [1.165, 1.54) is 6.92 Å². The Bertz CT molecular complexity index is 1500. The first-order valence-corrected chi connectivity index (χ1v) is 12.4. The summed E-state index contributed by atoms with van der Waals surface area (Å²) < 4.78 is 85.7. The Morgan fingerprint density at radius 1 is 1.19 bits per heavy atom. The van der Waals surface area contributed by atoms with E-state index in [1.807, 2.05) is 0 Å². The largest absolute Gasteiger partial charge is 0.416 e. The van der Waals surface area contributed by atoms with Crippen molar-refractivity contribution in [2.75, 3.05) is 24.3 Å². The van der Waals surface area contributed by atoms with Gasteiger partial charge in [-0.1, -0.05) is 13.0 Å². The summed E-state index contributed by atoms with van der Waals surface area (Å²) in [6.07, 6.45) is -2.95. The molecular weight excluding hydrogens is 508 g/mol. The average Bonchev–Trinajstić information content (AvgIpc) is 2.84. The second-order valence-corrected chi connectivity index (χ2v) is 10.4. The molecule has 0 bridgehead atoms. The van der Waals surface area contributed by atoms with Crippen LogP contribution in [0.3, 0.4) is 0 Å². The van der Waals surface area contributed by atoms with Crippen molar-refractivity contribution >= 4 is 32.2 Å². The van der Waals surface area contributed by atoms with Gasteiger partial charge in [-0.15, -0.1) is 0 Å². The zero-order valence-electron chi connectivity index (χ0n) is 18.8. The predicted molar refractivity (Wildman–Crippen MR) is 120 cm³/mol. The minimum Gasteiger partial charge on any atom is -0.381 e. The number of ether oxygens (including phenoxy) is 1. The second kappa shape index (κ2) is 9.24. The van der Waals surface area contributed by atoms with E-state index in [2.05, 4.69) is 15.4 Å². The van der Waals surface area contributed by atoms with Gasteiger partial charge in [0.25, 0.3) is 11.5 Å². The van der Waals surface area contributed by atoms with Gasteiger partial charge in [-0.2, -0.15) is 23.0 Å². The number of halogens is 4. The number of carbonyl (C=O) groups excluding carboxylic acids is 1. The van der Waals surface area contributed by atoms with E-state index in [0.717, 1.165) is 30.6 Å². The minimum atomic E-state index is -4.71. The fourth-order valence-corrected chi connectivity index (χ4v) is 4.72. The van der Waals surface area contributed by atoms with E-state index in [9.17, 15) is 35.6 Å². The third kappa shape index (κ3) is 4.82. The summed E-state index contributed by atoms with van der Waals surface area (Å²) in [6, 6.07) is 3.53. The summed E-state index contributed by atoms with van der Waals surface area (Å²) in [7, 11) is -4.08. The molecule has 3 aromatic rings. The molecule has 0 aliphatic carbocycles. The number of nitrogens with zero attached hydrogens (tertiary/aromatic N) is 3. The topological polar surface area (TPSA) is 120 Å². The maximum atomic E-state index is 14.9. The van der Waals surface area contributed by atoms with Crippen LogP contribution in [0.25, 0.3) is 16.6 Å². The Kier molecular flexibility index (Phi) is 6.60. The van der Waals surface area contributed by atoms with Crippen LogP contribution >= 0.6 is 0 Å². The van der Waals surface area contributed by atoms with E-state index in [0.29, 0.717) is 10.7 Å². The van der Waals surface area contributed by atoms with Crippen LogP contribution in [0.5, 0.6) is 0 Å². The van der Waals surface area contributed by atoms with E-state index in [4.69, 9.17) is 4.74 Å². The predicted octanol–water partition coefficient (Wildman–Crippen LogP) is 3.05. The highest BCUT2D eigenvalue weighted by molar-refractivity contribution is 7.91. The number of anilines is 1. The number of amides is 1. The molecule has 1 aromatic carbocycles. The number of sulfone groups is 1. The maximum Gasteiger partial charge on any atom is 0.416 e. The molecule has 1 aliphatic rings. The van der Waals surface area contributed by atoms with Crippen molar-refractivity contribution < 1.29 is 35.5 Å². The Morgan fingerprint density at radius 3 is 2.53 bits per heavy atom. The SMILES string of the molecule is CCS(=O)(=O)c1cc(NC(=O)C2(F)CCOCC2)cnc1-n1ncc2ccc(C(F)(F)F)cc2c1=O. The van der Waals surface area contributed by atoms with Crippen molar-refractivity contribution in [3.8, 4) is 5.82 Å². The average molecular weight is 528 g/mol. The number of aromatic nitrogens is 3. The molecule has 2 aromatic heterocycles. The molecule has 14 heteroatoms. The fraction of sp³-hybridized carbons (Fsp3) is 0.364. The first kappa shape index (κ1) is 25.7. The number of nitrogens with one attached hydrogen (secondary N) is 1. The number of rotatable bonds is 5. The zero-order valence-corrected chi connectivity index (χ0v) is 19.6. The summed E-state index contributed by atoms with van der Waals surface area (Å²) >= 11 is 0. The van der Waals surface area contributed by atoms with Crippen molar-refractivity contribution in [3.05, 3.63) is 52.6 Å². The highest BCUT2D eigenvalue weighted by atomic mass is 32.2. The molecule has 1 aliphatic heterocycles. The summed E-state index contributed by atoms with van der Waals surface area (Å²) in [4.78, 5) is 29.0. The summed E-state index contributed by atoms with van der Waals surface area (Å²) in [5.41, 5.74) is -4.45. The van der Waals surface area contributed by atoms with Crippen LogP contribution in [0.15, 0.2) is 46.3 Å². The number of carbonyl (C=O) groups is 1. The molecule has 1 fully saturated rings. The number of hydrogen-bond acceptors (Lipinski definition) is 7. The van der Waals surface area contributed by atoms with Crippen LogP contribution in [0.4, 0.5) is 23.2 Å². The van der Waals surface area contributed by atoms with Crippen molar-refractivity contribution in [3.63, 3.8) is 0 Å². The fourth-order valence-electron chi connectivity index (χ4n) is 3.68. The van der Waals surface area contributed by atoms with E-state index in [-0.39, 0.29) is 42.5 Å². The number of benzene rings is 1. The van der Waals surface area contributed by atoms with Gasteiger partial charge in [0.15, 0.2) is 21.3 Å². The van der Waals surface area contributed by atoms with Crippen LogP contribution in [0.2, 0.25) is 0 Å². The molecule has 192 valence electrons. The normalized spacial score (nSPS) is 16.1. The van der Waals surface area contributed by atoms with Crippen molar-refractivity contribution in [2.24, 2.45) is 0 Å².